The van der Waals surface area contributed by atoms with E-state index in [1.165, 1.54) is 16.9 Å². The van der Waals surface area contributed by atoms with E-state index in [4.69, 9.17) is 9.47 Å². The molecule has 2 heterocycles. The van der Waals surface area contributed by atoms with Gasteiger partial charge in [0.1, 0.15) is 17.5 Å². The number of hydrogen-bond donors (Lipinski definition) is 0. The number of nitrogens with zero attached hydrogens (tertiary/aromatic N) is 1. The molecule has 2 atom stereocenters. The molecule has 5 nitrogen and oxygen atoms in total. The molecule has 150 valence electrons. The van der Waals surface area contributed by atoms with Crippen LogP contribution in [0.3, 0.4) is 0 Å². The highest BCUT2D eigenvalue weighted by atomic mass is 32.1. The van der Waals surface area contributed by atoms with Crippen LogP contribution in [0.25, 0.3) is 10.1 Å². The van der Waals surface area contributed by atoms with Gasteiger partial charge in [0.25, 0.3) is 0 Å². The fourth-order valence-corrected chi connectivity index (χ4v) is 5.52. The van der Waals surface area contributed by atoms with Crippen molar-refractivity contribution in [1.29, 1.82) is 0 Å². The largest absolute Gasteiger partial charge is 0.465 e. The minimum Gasteiger partial charge on any atom is -0.465 e. The normalized spacial score (nSPS) is 17.4. The Morgan fingerprint density at radius 1 is 1.36 bits per heavy atom. The van der Waals surface area contributed by atoms with Crippen LogP contribution < -0.4 is 0 Å². The molecule has 0 amide bonds. The van der Waals surface area contributed by atoms with Gasteiger partial charge in [-0.3, -0.25) is 9.46 Å². The van der Waals surface area contributed by atoms with Crippen molar-refractivity contribution in [2.45, 2.75) is 38.4 Å². The van der Waals surface area contributed by atoms with E-state index in [-0.39, 0.29) is 24.6 Å². The molecule has 0 N–H and O–H groups in total. The highest BCUT2D eigenvalue weighted by Gasteiger charge is 2.31. The number of thiophene rings is 1. The van der Waals surface area contributed by atoms with E-state index in [0.717, 1.165) is 42.1 Å². The Hall–Kier alpha value is -1.75. The Kier molecular flexibility index (Phi) is 7.60. The summed E-state index contributed by atoms with van der Waals surface area (Å²) in [6, 6.07) is 8.08. The number of esters is 2. The van der Waals surface area contributed by atoms with E-state index in [1.54, 1.807) is 6.08 Å². The van der Waals surface area contributed by atoms with Gasteiger partial charge in [0.05, 0.1) is 6.61 Å². The van der Waals surface area contributed by atoms with Crippen molar-refractivity contribution in [2.24, 2.45) is 0 Å². The molecule has 0 bridgehead atoms. The number of rotatable bonds is 9. The van der Waals surface area contributed by atoms with Crippen LogP contribution in [0.2, 0.25) is 0 Å². The lowest BCUT2D eigenvalue weighted by atomic mass is 10.2. The molecule has 7 heteroatoms. The number of hydrogen-bond acceptors (Lipinski definition) is 6. The monoisotopic (exact) mass is 419 g/mol. The maximum absolute atomic E-state index is 12.2. The first kappa shape index (κ1) is 21.0. The second kappa shape index (κ2) is 10.1. The second-order valence-corrected chi connectivity index (χ2v) is 9.05. The molecule has 1 saturated heterocycles. The molecule has 0 spiro atoms. The summed E-state index contributed by atoms with van der Waals surface area (Å²) in [5.41, 5.74) is 1.21. The predicted molar refractivity (Wildman–Crippen MR) is 115 cm³/mol. The summed E-state index contributed by atoms with van der Waals surface area (Å²) in [7, 11) is 0.548. The fourth-order valence-electron chi connectivity index (χ4n) is 3.20. The molecule has 3 rings (SSSR count). The first-order valence-corrected chi connectivity index (χ1v) is 11.6. The molecular formula is C21H26NO4PS. The lowest BCUT2D eigenvalue weighted by Crippen LogP contribution is -2.32. The van der Waals surface area contributed by atoms with Crippen LogP contribution in [0.5, 0.6) is 0 Å². The summed E-state index contributed by atoms with van der Waals surface area (Å²) >= 11 is 1.44. The quantitative estimate of drug-likeness (QED) is 0.333. The van der Waals surface area contributed by atoms with E-state index in [9.17, 15) is 9.59 Å². The van der Waals surface area contributed by atoms with Crippen LogP contribution in [0.1, 0.15) is 41.4 Å². The molecule has 2 aromatic rings. The summed E-state index contributed by atoms with van der Waals surface area (Å²) in [5, 5.41) is 1.05. The number of fused-ring (bicyclic) bond motifs is 1. The fraction of sp³-hybridized carbons (Fsp3) is 0.429. The third-order valence-corrected chi connectivity index (χ3v) is 7.18. The van der Waals surface area contributed by atoms with Gasteiger partial charge in [-0.25, -0.2) is 4.79 Å². The van der Waals surface area contributed by atoms with Gasteiger partial charge in [-0.15, -0.1) is 11.3 Å². The maximum Gasteiger partial charge on any atom is 0.348 e. The molecule has 1 aliphatic rings. The molecule has 1 aliphatic heterocycles. The smallest absolute Gasteiger partial charge is 0.348 e. The maximum atomic E-state index is 12.2. The Bertz CT molecular complexity index is 850. The Morgan fingerprint density at radius 3 is 3.00 bits per heavy atom. The highest BCUT2D eigenvalue weighted by molar-refractivity contribution is 7.34. The van der Waals surface area contributed by atoms with Crippen molar-refractivity contribution in [3.63, 3.8) is 0 Å². The van der Waals surface area contributed by atoms with Crippen molar-refractivity contribution in [3.05, 3.63) is 47.4 Å². The molecule has 1 unspecified atom stereocenters. The predicted octanol–water partition coefficient (Wildman–Crippen LogP) is 4.76. The van der Waals surface area contributed by atoms with Crippen LogP contribution in [-0.4, -0.2) is 42.4 Å². The SMILES string of the molecule is C=CCOC(=O)c1cc2cc(CPN3CCC[C@H]3C(=O)OCCC)ccc2s1. The van der Waals surface area contributed by atoms with Crippen LogP contribution in [-0.2, 0) is 20.4 Å². The Morgan fingerprint density at radius 2 is 2.21 bits per heavy atom. The third-order valence-electron chi connectivity index (χ3n) is 4.57. The molecule has 1 fully saturated rings. The number of carbonyl (C=O) groups is 2. The minimum absolute atomic E-state index is 0.0807. The molecule has 0 saturated carbocycles. The van der Waals surface area contributed by atoms with Crippen molar-refractivity contribution in [1.82, 2.24) is 4.67 Å². The molecule has 1 aromatic heterocycles. The van der Waals surface area contributed by atoms with Gasteiger partial charge in [-0.1, -0.05) is 25.6 Å². The minimum atomic E-state index is -0.310. The summed E-state index contributed by atoms with van der Waals surface area (Å²) in [4.78, 5) is 24.9. The van der Waals surface area contributed by atoms with Gasteiger partial charge in [0.2, 0.25) is 0 Å². The van der Waals surface area contributed by atoms with E-state index in [1.807, 2.05) is 13.0 Å². The highest BCUT2D eigenvalue weighted by Crippen LogP contribution is 2.35. The van der Waals surface area contributed by atoms with Crippen molar-refractivity contribution in [3.8, 4) is 0 Å². The van der Waals surface area contributed by atoms with Crippen molar-refractivity contribution in [2.75, 3.05) is 19.8 Å². The number of ether oxygens (including phenoxy) is 2. The summed E-state index contributed by atoms with van der Waals surface area (Å²) < 4.78 is 13.8. The summed E-state index contributed by atoms with van der Waals surface area (Å²) in [5.74, 6) is -0.391. The van der Waals surface area contributed by atoms with Crippen LogP contribution in [0, 0.1) is 0 Å². The van der Waals surface area contributed by atoms with Crippen molar-refractivity contribution < 1.29 is 19.1 Å². The zero-order valence-electron chi connectivity index (χ0n) is 16.1. The lowest BCUT2D eigenvalue weighted by Gasteiger charge is -2.22. The first-order chi connectivity index (χ1) is 13.6. The van der Waals surface area contributed by atoms with Gasteiger partial charge in [-0.05, 0) is 57.1 Å². The Labute approximate surface area is 171 Å². The molecule has 1 aromatic carbocycles. The third kappa shape index (κ3) is 5.19. The van der Waals surface area contributed by atoms with Gasteiger partial charge in [-0.2, -0.15) is 0 Å². The van der Waals surface area contributed by atoms with E-state index >= 15 is 0 Å². The summed E-state index contributed by atoms with van der Waals surface area (Å²) in [6.45, 7) is 7.23. The lowest BCUT2D eigenvalue weighted by molar-refractivity contribution is -0.147. The van der Waals surface area contributed by atoms with E-state index in [2.05, 4.69) is 29.4 Å². The van der Waals surface area contributed by atoms with Crippen LogP contribution in [0.15, 0.2) is 36.9 Å². The average Bonchev–Trinajstić information content (AvgIpc) is 3.34. The molecule has 28 heavy (non-hydrogen) atoms. The molecular weight excluding hydrogens is 393 g/mol. The van der Waals surface area contributed by atoms with Crippen LogP contribution in [0.4, 0.5) is 0 Å². The van der Waals surface area contributed by atoms with Gasteiger partial charge < -0.3 is 9.47 Å². The van der Waals surface area contributed by atoms with Gasteiger partial charge in [0.15, 0.2) is 0 Å². The summed E-state index contributed by atoms with van der Waals surface area (Å²) in [6.07, 6.45) is 5.23. The van der Waals surface area contributed by atoms with E-state index in [0.29, 0.717) is 20.2 Å². The van der Waals surface area contributed by atoms with Crippen LogP contribution >= 0.6 is 20.1 Å². The molecule has 0 aliphatic carbocycles. The van der Waals surface area contributed by atoms with Gasteiger partial charge >= 0.3 is 11.9 Å². The topological polar surface area (TPSA) is 55.8 Å². The van der Waals surface area contributed by atoms with Crippen molar-refractivity contribution >= 4 is 42.1 Å². The van der Waals surface area contributed by atoms with E-state index < -0.39 is 0 Å². The number of carbonyl (C=O) groups excluding carboxylic acids is 2. The first-order valence-electron chi connectivity index (χ1n) is 9.59. The van der Waals surface area contributed by atoms with Gasteiger partial charge in [0, 0.05) is 17.4 Å². The molecule has 0 radical (unpaired) electrons. The zero-order chi connectivity index (χ0) is 19.9. The number of benzene rings is 1. The Balaban J connectivity index is 1.62. The standard InChI is InChI=1S/C21H26NO4PS/c1-3-10-25-20(23)17-6-5-9-22(17)27-14-15-7-8-18-16(12-15)13-19(28-18)21(24)26-11-4-2/h4,7-8,12-13,17,27H,2-3,5-6,9-11,14H2,1H3/t17-/m0/s1. The average molecular weight is 419 g/mol. The second-order valence-electron chi connectivity index (χ2n) is 6.72. The zero-order valence-corrected chi connectivity index (χ0v) is 17.9.